The lowest BCUT2D eigenvalue weighted by Gasteiger charge is -2.50. The summed E-state index contributed by atoms with van der Waals surface area (Å²) in [6.45, 7) is 4.58. The molecular weight excluding hydrogens is 408 g/mol. The van der Waals surface area contributed by atoms with E-state index in [2.05, 4.69) is 0 Å². The van der Waals surface area contributed by atoms with Crippen LogP contribution in [-0.4, -0.2) is 123 Å². The van der Waals surface area contributed by atoms with Crippen molar-refractivity contribution >= 4 is 0 Å². The van der Waals surface area contributed by atoms with E-state index in [1.165, 1.54) is 0 Å². The fourth-order valence-electron chi connectivity index (χ4n) is 3.32. The van der Waals surface area contributed by atoms with Crippen LogP contribution < -0.4 is 0 Å². The second-order valence-corrected chi connectivity index (χ2v) is 7.74. The van der Waals surface area contributed by atoms with Crippen LogP contribution in [0.1, 0.15) is 27.2 Å². The Labute approximate surface area is 174 Å². The standard InChI is InChI=1S/C18H34O12/c1-4-5-26-7-10-12(21)14(23)16(25)18(29-10,28-8(2)3)30-17-15(24)13(22)11(20)9(6-19)27-17/h8-17,19-25H,4-7H2,1-3H3/t9-,10-,11-,12-,13+,14+,15-,16-,17-,18+/m1/s1. The monoisotopic (exact) mass is 442 g/mol. The zero-order valence-electron chi connectivity index (χ0n) is 17.3. The van der Waals surface area contributed by atoms with Gasteiger partial charge in [0.1, 0.15) is 42.7 Å². The van der Waals surface area contributed by atoms with Gasteiger partial charge in [-0.15, -0.1) is 0 Å². The van der Waals surface area contributed by atoms with Crippen molar-refractivity contribution in [2.75, 3.05) is 19.8 Å². The number of rotatable bonds is 9. The Hall–Kier alpha value is -0.480. The van der Waals surface area contributed by atoms with Gasteiger partial charge in [-0.2, -0.15) is 0 Å². The van der Waals surface area contributed by atoms with Crippen molar-refractivity contribution in [3.63, 3.8) is 0 Å². The Kier molecular flexibility index (Phi) is 9.36. The molecule has 0 amide bonds. The van der Waals surface area contributed by atoms with Crippen LogP contribution in [0, 0.1) is 0 Å². The van der Waals surface area contributed by atoms with Crippen LogP contribution in [0.5, 0.6) is 0 Å². The molecule has 12 heteroatoms. The zero-order chi connectivity index (χ0) is 22.6. The lowest BCUT2D eigenvalue weighted by Crippen LogP contribution is -2.70. The van der Waals surface area contributed by atoms with Crippen molar-refractivity contribution in [2.45, 2.75) is 94.4 Å². The van der Waals surface area contributed by atoms with E-state index in [-0.39, 0.29) is 6.61 Å². The highest BCUT2D eigenvalue weighted by atomic mass is 16.9. The molecule has 2 aliphatic rings. The molecule has 2 rings (SSSR count). The highest BCUT2D eigenvalue weighted by Gasteiger charge is 2.59. The van der Waals surface area contributed by atoms with Gasteiger partial charge in [0.05, 0.1) is 19.3 Å². The lowest BCUT2D eigenvalue weighted by molar-refractivity contribution is -0.504. The van der Waals surface area contributed by atoms with Crippen molar-refractivity contribution in [1.29, 1.82) is 0 Å². The smallest absolute Gasteiger partial charge is 0.316 e. The van der Waals surface area contributed by atoms with Gasteiger partial charge in [0.25, 0.3) is 0 Å². The van der Waals surface area contributed by atoms with Crippen LogP contribution in [0.15, 0.2) is 0 Å². The zero-order valence-corrected chi connectivity index (χ0v) is 17.3. The quantitative estimate of drug-likeness (QED) is 0.140. The summed E-state index contributed by atoms with van der Waals surface area (Å²) in [5, 5.41) is 70.8. The maximum atomic E-state index is 10.6. The molecule has 0 spiro atoms. The fourth-order valence-corrected chi connectivity index (χ4v) is 3.32. The summed E-state index contributed by atoms with van der Waals surface area (Å²) < 4.78 is 27.6. The van der Waals surface area contributed by atoms with Crippen molar-refractivity contribution in [2.24, 2.45) is 0 Å². The highest BCUT2D eigenvalue weighted by Crippen LogP contribution is 2.37. The molecule has 0 aromatic heterocycles. The van der Waals surface area contributed by atoms with Gasteiger partial charge in [0, 0.05) is 6.61 Å². The molecule has 0 aliphatic carbocycles. The van der Waals surface area contributed by atoms with Gasteiger partial charge >= 0.3 is 5.97 Å². The Morgan fingerprint density at radius 3 is 2.10 bits per heavy atom. The molecule has 2 aliphatic heterocycles. The molecule has 0 saturated carbocycles. The summed E-state index contributed by atoms with van der Waals surface area (Å²) in [6, 6.07) is 0. The minimum absolute atomic E-state index is 0.153. The average molecular weight is 442 g/mol. The molecule has 2 saturated heterocycles. The molecule has 0 radical (unpaired) electrons. The van der Waals surface area contributed by atoms with E-state index in [1.54, 1.807) is 13.8 Å². The van der Waals surface area contributed by atoms with Crippen LogP contribution >= 0.6 is 0 Å². The summed E-state index contributed by atoms with van der Waals surface area (Å²) in [5.41, 5.74) is 0. The first-order valence-corrected chi connectivity index (χ1v) is 10.0. The highest BCUT2D eigenvalue weighted by molar-refractivity contribution is 4.95. The van der Waals surface area contributed by atoms with E-state index in [0.717, 1.165) is 0 Å². The number of hydrogen-bond acceptors (Lipinski definition) is 12. The fraction of sp³-hybridized carbons (Fsp3) is 1.00. The van der Waals surface area contributed by atoms with Gasteiger partial charge in [-0.3, -0.25) is 4.74 Å². The molecule has 0 aromatic rings. The van der Waals surface area contributed by atoms with Gasteiger partial charge in [0.2, 0.25) is 0 Å². The first kappa shape index (κ1) is 25.8. The minimum Gasteiger partial charge on any atom is -0.394 e. The van der Waals surface area contributed by atoms with E-state index in [1.807, 2.05) is 6.92 Å². The summed E-state index contributed by atoms with van der Waals surface area (Å²) in [6.07, 6.45) is -14.5. The SMILES string of the molecule is CCCOC[C@H]1O[C@](OC(C)C)(O[C@H]2O[C@H](CO)[C@@H](O)[C@H](O)[C@H]2O)[C@H](O)[C@@H](O)[C@@H]1O. The van der Waals surface area contributed by atoms with Crippen molar-refractivity contribution in [1.82, 2.24) is 0 Å². The summed E-state index contributed by atoms with van der Waals surface area (Å²) in [5.74, 6) is -2.42. The first-order valence-electron chi connectivity index (χ1n) is 10.0. The van der Waals surface area contributed by atoms with Gasteiger partial charge in [-0.25, -0.2) is 0 Å². The number of ether oxygens (including phenoxy) is 5. The number of aliphatic hydroxyl groups is 7. The predicted molar refractivity (Wildman–Crippen MR) is 97.8 cm³/mol. The summed E-state index contributed by atoms with van der Waals surface area (Å²) in [7, 11) is 0. The Balaban J connectivity index is 2.30. The van der Waals surface area contributed by atoms with Gasteiger partial charge in [-0.1, -0.05) is 6.92 Å². The maximum Gasteiger partial charge on any atom is 0.316 e. The van der Waals surface area contributed by atoms with E-state index in [4.69, 9.17) is 23.7 Å². The average Bonchev–Trinajstić information content (AvgIpc) is 2.70. The molecule has 0 bridgehead atoms. The molecule has 0 aromatic carbocycles. The Bertz CT molecular complexity index is 519. The van der Waals surface area contributed by atoms with Crippen LogP contribution in [0.3, 0.4) is 0 Å². The van der Waals surface area contributed by atoms with E-state index >= 15 is 0 Å². The molecular formula is C18H34O12. The number of hydrogen-bond donors (Lipinski definition) is 7. The second-order valence-electron chi connectivity index (χ2n) is 7.74. The molecule has 0 unspecified atom stereocenters. The van der Waals surface area contributed by atoms with Crippen LogP contribution in [0.4, 0.5) is 0 Å². The van der Waals surface area contributed by atoms with E-state index < -0.39 is 73.8 Å². The minimum atomic E-state index is -2.42. The molecule has 7 N–H and O–H groups in total. The maximum absolute atomic E-state index is 10.6. The van der Waals surface area contributed by atoms with Crippen molar-refractivity contribution in [3.05, 3.63) is 0 Å². The van der Waals surface area contributed by atoms with Gasteiger partial charge in [-0.05, 0) is 20.3 Å². The summed E-state index contributed by atoms with van der Waals surface area (Å²) in [4.78, 5) is 0. The normalized spacial score (nSPS) is 45.1. The van der Waals surface area contributed by atoms with Crippen molar-refractivity contribution in [3.8, 4) is 0 Å². The van der Waals surface area contributed by atoms with Crippen LogP contribution in [0.25, 0.3) is 0 Å². The van der Waals surface area contributed by atoms with Crippen molar-refractivity contribution < 1.29 is 59.4 Å². The van der Waals surface area contributed by atoms with Gasteiger partial charge < -0.3 is 54.7 Å². The molecule has 178 valence electrons. The first-order chi connectivity index (χ1) is 14.1. The van der Waals surface area contributed by atoms with E-state index in [9.17, 15) is 35.7 Å². The molecule has 10 atom stereocenters. The largest absolute Gasteiger partial charge is 0.394 e. The Morgan fingerprint density at radius 1 is 0.900 bits per heavy atom. The third kappa shape index (κ3) is 5.46. The van der Waals surface area contributed by atoms with Gasteiger partial charge in [0.15, 0.2) is 12.4 Å². The molecule has 12 nitrogen and oxygen atoms in total. The number of aliphatic hydroxyl groups excluding tert-OH is 7. The lowest BCUT2D eigenvalue weighted by atomic mass is 9.96. The predicted octanol–water partition coefficient (Wildman–Crippen LogP) is -3.21. The summed E-state index contributed by atoms with van der Waals surface area (Å²) >= 11 is 0. The third-order valence-electron chi connectivity index (χ3n) is 4.89. The van der Waals surface area contributed by atoms with E-state index in [0.29, 0.717) is 13.0 Å². The Morgan fingerprint density at radius 2 is 1.53 bits per heavy atom. The molecule has 30 heavy (non-hydrogen) atoms. The van der Waals surface area contributed by atoms with Crippen LogP contribution in [-0.2, 0) is 23.7 Å². The van der Waals surface area contributed by atoms with Crippen LogP contribution in [0.2, 0.25) is 0 Å². The topological polar surface area (TPSA) is 188 Å². The third-order valence-corrected chi connectivity index (χ3v) is 4.89. The second kappa shape index (κ2) is 10.9. The molecule has 2 heterocycles. The molecule has 2 fully saturated rings.